The summed E-state index contributed by atoms with van der Waals surface area (Å²) in [5.74, 6) is 0.810. The Bertz CT molecular complexity index is 358. The van der Waals surface area contributed by atoms with E-state index in [-0.39, 0.29) is 17.8 Å². The van der Waals surface area contributed by atoms with Crippen molar-refractivity contribution in [1.82, 2.24) is 0 Å². The number of phenols is 1. The number of ether oxygens (including phenoxy) is 1. The van der Waals surface area contributed by atoms with Gasteiger partial charge >= 0.3 is 0 Å². The average molecular weight is 222 g/mol. The maximum absolute atomic E-state index is 10.5. The molecular formula is C13H18O3. The highest BCUT2D eigenvalue weighted by molar-refractivity contribution is 5.55. The molecule has 1 aromatic carbocycles. The van der Waals surface area contributed by atoms with Crippen molar-refractivity contribution in [1.29, 1.82) is 0 Å². The van der Waals surface area contributed by atoms with Crippen molar-refractivity contribution in [3.63, 3.8) is 0 Å². The first kappa shape index (κ1) is 12.6. The summed E-state index contributed by atoms with van der Waals surface area (Å²) in [7, 11) is 0. The molecule has 0 bridgehead atoms. The van der Waals surface area contributed by atoms with Gasteiger partial charge in [0.2, 0.25) is 0 Å². The molecule has 1 N–H and O–H groups in total. The smallest absolute Gasteiger partial charge is 0.126 e. The highest BCUT2D eigenvalue weighted by Crippen LogP contribution is 2.36. The van der Waals surface area contributed by atoms with Gasteiger partial charge < -0.3 is 14.6 Å². The van der Waals surface area contributed by atoms with Gasteiger partial charge in [-0.05, 0) is 31.9 Å². The number of phenolic OH excluding ortho intramolecular Hbond substituents is 1. The molecule has 1 atom stereocenters. The van der Waals surface area contributed by atoms with Crippen LogP contribution in [0, 0.1) is 0 Å². The molecule has 16 heavy (non-hydrogen) atoms. The summed E-state index contributed by atoms with van der Waals surface area (Å²) in [4.78, 5) is 10.5. The van der Waals surface area contributed by atoms with Crippen molar-refractivity contribution >= 4 is 6.29 Å². The van der Waals surface area contributed by atoms with Crippen LogP contribution in [0.1, 0.15) is 38.7 Å². The monoisotopic (exact) mass is 222 g/mol. The maximum atomic E-state index is 10.5. The summed E-state index contributed by atoms with van der Waals surface area (Å²) in [5, 5.41) is 9.81. The molecular weight excluding hydrogens is 204 g/mol. The van der Waals surface area contributed by atoms with E-state index in [2.05, 4.69) is 0 Å². The number of rotatable bonds is 5. The minimum Gasteiger partial charge on any atom is -0.508 e. The zero-order valence-electron chi connectivity index (χ0n) is 9.93. The average Bonchev–Trinajstić information content (AvgIpc) is 2.16. The standard InChI is InChI=1S/C13H18O3/c1-9(2)16-12-6-4-5-11(15)13(12)10(3)7-8-14/h4-6,8-10,15H,7H2,1-3H3. The Hall–Kier alpha value is -1.51. The maximum Gasteiger partial charge on any atom is 0.126 e. The van der Waals surface area contributed by atoms with Gasteiger partial charge in [0.1, 0.15) is 17.8 Å². The zero-order chi connectivity index (χ0) is 12.1. The minimum atomic E-state index is -0.0348. The van der Waals surface area contributed by atoms with Gasteiger partial charge in [-0.15, -0.1) is 0 Å². The molecule has 0 fully saturated rings. The van der Waals surface area contributed by atoms with E-state index >= 15 is 0 Å². The molecule has 0 saturated heterocycles. The van der Waals surface area contributed by atoms with Crippen LogP contribution in [0.5, 0.6) is 11.5 Å². The van der Waals surface area contributed by atoms with E-state index in [9.17, 15) is 9.90 Å². The topological polar surface area (TPSA) is 46.5 Å². The molecule has 0 amide bonds. The molecule has 0 aliphatic carbocycles. The van der Waals surface area contributed by atoms with Gasteiger partial charge in [-0.3, -0.25) is 0 Å². The third-order valence-corrected chi connectivity index (χ3v) is 2.35. The zero-order valence-corrected chi connectivity index (χ0v) is 9.93. The van der Waals surface area contributed by atoms with Crippen LogP contribution < -0.4 is 4.74 Å². The molecule has 88 valence electrons. The van der Waals surface area contributed by atoms with E-state index in [4.69, 9.17) is 4.74 Å². The third-order valence-electron chi connectivity index (χ3n) is 2.35. The van der Waals surface area contributed by atoms with E-state index in [1.165, 1.54) is 0 Å². The Morgan fingerprint density at radius 3 is 2.62 bits per heavy atom. The minimum absolute atomic E-state index is 0.0348. The van der Waals surface area contributed by atoms with Crippen LogP contribution in [0.4, 0.5) is 0 Å². The number of aromatic hydroxyl groups is 1. The second kappa shape index (κ2) is 5.54. The van der Waals surface area contributed by atoms with Crippen LogP contribution >= 0.6 is 0 Å². The predicted octanol–water partition coefficient (Wildman–Crippen LogP) is 2.87. The number of carbonyl (C=O) groups is 1. The Morgan fingerprint density at radius 2 is 2.06 bits per heavy atom. The quantitative estimate of drug-likeness (QED) is 0.779. The predicted molar refractivity (Wildman–Crippen MR) is 63.0 cm³/mol. The Morgan fingerprint density at radius 1 is 1.38 bits per heavy atom. The lowest BCUT2D eigenvalue weighted by Gasteiger charge is -2.18. The molecule has 0 saturated carbocycles. The first-order chi connectivity index (χ1) is 7.56. The second-order valence-corrected chi connectivity index (χ2v) is 4.16. The van der Waals surface area contributed by atoms with Crippen molar-refractivity contribution in [2.24, 2.45) is 0 Å². The Balaban J connectivity index is 3.07. The van der Waals surface area contributed by atoms with Gasteiger partial charge in [0, 0.05) is 12.0 Å². The van der Waals surface area contributed by atoms with Crippen molar-refractivity contribution in [3.8, 4) is 11.5 Å². The number of hydrogen-bond acceptors (Lipinski definition) is 3. The lowest BCUT2D eigenvalue weighted by Crippen LogP contribution is -2.09. The highest BCUT2D eigenvalue weighted by Gasteiger charge is 2.16. The molecule has 0 aromatic heterocycles. The Kier molecular flexibility index (Phi) is 4.35. The Labute approximate surface area is 96.1 Å². The van der Waals surface area contributed by atoms with E-state index in [1.54, 1.807) is 12.1 Å². The van der Waals surface area contributed by atoms with Gasteiger partial charge in [0.25, 0.3) is 0 Å². The number of aldehydes is 1. The molecule has 0 aliphatic heterocycles. The van der Waals surface area contributed by atoms with Crippen LogP contribution in [0.15, 0.2) is 18.2 Å². The summed E-state index contributed by atoms with van der Waals surface area (Å²) >= 11 is 0. The summed E-state index contributed by atoms with van der Waals surface area (Å²) in [6.07, 6.45) is 1.28. The van der Waals surface area contributed by atoms with Crippen molar-refractivity contribution in [3.05, 3.63) is 23.8 Å². The molecule has 0 aliphatic rings. The third kappa shape index (κ3) is 2.99. The SMILES string of the molecule is CC(C)Oc1cccc(O)c1C(C)CC=O. The summed E-state index contributed by atoms with van der Waals surface area (Å²) < 4.78 is 5.62. The lowest BCUT2D eigenvalue weighted by molar-refractivity contribution is -0.108. The number of hydrogen-bond donors (Lipinski definition) is 1. The fourth-order valence-corrected chi connectivity index (χ4v) is 1.65. The molecule has 1 aromatic rings. The fourth-order valence-electron chi connectivity index (χ4n) is 1.65. The van der Waals surface area contributed by atoms with Crippen LogP contribution in [-0.4, -0.2) is 17.5 Å². The molecule has 0 radical (unpaired) electrons. The number of benzene rings is 1. The fraction of sp³-hybridized carbons (Fsp3) is 0.462. The summed E-state index contributed by atoms with van der Waals surface area (Å²) in [6.45, 7) is 5.76. The van der Waals surface area contributed by atoms with Gasteiger partial charge in [-0.1, -0.05) is 13.0 Å². The molecule has 1 rings (SSSR count). The summed E-state index contributed by atoms with van der Waals surface area (Å²) in [6, 6.07) is 5.17. The van der Waals surface area contributed by atoms with Crippen molar-refractivity contribution in [2.75, 3.05) is 0 Å². The molecule has 0 heterocycles. The lowest BCUT2D eigenvalue weighted by atomic mass is 9.96. The van der Waals surface area contributed by atoms with Crippen molar-refractivity contribution in [2.45, 2.75) is 39.2 Å². The molecule has 0 spiro atoms. The van der Waals surface area contributed by atoms with Gasteiger partial charge in [-0.25, -0.2) is 0 Å². The van der Waals surface area contributed by atoms with Crippen molar-refractivity contribution < 1.29 is 14.6 Å². The van der Waals surface area contributed by atoms with E-state index < -0.39 is 0 Å². The van der Waals surface area contributed by atoms with Crippen LogP contribution in [0.25, 0.3) is 0 Å². The second-order valence-electron chi connectivity index (χ2n) is 4.16. The van der Waals surface area contributed by atoms with Crippen LogP contribution in [0.3, 0.4) is 0 Å². The van der Waals surface area contributed by atoms with Crippen LogP contribution in [-0.2, 0) is 4.79 Å². The van der Waals surface area contributed by atoms with Gasteiger partial charge in [0.15, 0.2) is 0 Å². The van der Waals surface area contributed by atoms with Crippen LogP contribution in [0.2, 0.25) is 0 Å². The van der Waals surface area contributed by atoms with E-state index in [0.717, 1.165) is 6.29 Å². The normalized spacial score (nSPS) is 12.5. The van der Waals surface area contributed by atoms with Gasteiger partial charge in [0.05, 0.1) is 6.10 Å². The first-order valence-electron chi connectivity index (χ1n) is 5.48. The summed E-state index contributed by atoms with van der Waals surface area (Å²) in [5.41, 5.74) is 0.711. The molecule has 3 nitrogen and oxygen atoms in total. The highest BCUT2D eigenvalue weighted by atomic mass is 16.5. The molecule has 1 unspecified atom stereocenters. The van der Waals surface area contributed by atoms with E-state index in [0.29, 0.717) is 17.7 Å². The molecule has 3 heteroatoms. The van der Waals surface area contributed by atoms with E-state index in [1.807, 2.05) is 26.8 Å². The largest absolute Gasteiger partial charge is 0.508 e. The first-order valence-corrected chi connectivity index (χ1v) is 5.48. The number of carbonyl (C=O) groups excluding carboxylic acids is 1. The van der Waals surface area contributed by atoms with Gasteiger partial charge in [-0.2, -0.15) is 0 Å².